The van der Waals surface area contributed by atoms with Crippen molar-refractivity contribution in [2.75, 3.05) is 5.88 Å². The van der Waals surface area contributed by atoms with Gasteiger partial charge >= 0.3 is 0 Å². The molecule has 3 nitrogen and oxygen atoms in total. The van der Waals surface area contributed by atoms with Crippen LogP contribution >= 0.6 is 11.6 Å². The molecule has 0 atom stereocenters. The molecule has 0 fully saturated rings. The summed E-state index contributed by atoms with van der Waals surface area (Å²) in [6, 6.07) is 15.0. The minimum absolute atomic E-state index is 0.107. The SMILES string of the molecule is O=C(c1c[nH]c(C(=O)CCl)c1)c1ccc2ccccc2c1. The van der Waals surface area contributed by atoms with Gasteiger partial charge < -0.3 is 4.98 Å². The lowest BCUT2D eigenvalue weighted by Gasteiger charge is -2.01. The molecule has 3 aromatic rings. The van der Waals surface area contributed by atoms with Gasteiger partial charge in [-0.2, -0.15) is 0 Å². The molecule has 0 unspecified atom stereocenters. The first-order valence-corrected chi connectivity index (χ1v) is 7.03. The number of aromatic amines is 1. The summed E-state index contributed by atoms with van der Waals surface area (Å²) in [4.78, 5) is 26.7. The van der Waals surface area contributed by atoms with Crippen molar-refractivity contribution in [1.29, 1.82) is 0 Å². The van der Waals surface area contributed by atoms with E-state index in [1.807, 2.05) is 36.4 Å². The molecule has 0 aliphatic heterocycles. The fourth-order valence-electron chi connectivity index (χ4n) is 2.26. The zero-order valence-electron chi connectivity index (χ0n) is 11.1. The summed E-state index contributed by atoms with van der Waals surface area (Å²) in [5, 5.41) is 2.09. The van der Waals surface area contributed by atoms with Gasteiger partial charge in [0.05, 0.1) is 11.6 Å². The predicted octanol–water partition coefficient (Wildman–Crippen LogP) is 3.82. The molecule has 1 aromatic heterocycles. The Morgan fingerprint density at radius 3 is 2.48 bits per heavy atom. The number of hydrogen-bond donors (Lipinski definition) is 1. The van der Waals surface area contributed by atoms with Crippen LogP contribution in [0, 0.1) is 0 Å². The molecule has 1 N–H and O–H groups in total. The number of aromatic nitrogens is 1. The molecule has 0 saturated carbocycles. The second-order valence-corrected chi connectivity index (χ2v) is 5.02. The molecule has 0 radical (unpaired) electrons. The molecule has 21 heavy (non-hydrogen) atoms. The number of carbonyl (C=O) groups is 2. The van der Waals surface area contributed by atoms with E-state index in [0.717, 1.165) is 10.8 Å². The molecule has 0 bridgehead atoms. The van der Waals surface area contributed by atoms with Crippen molar-refractivity contribution in [1.82, 2.24) is 4.98 Å². The van der Waals surface area contributed by atoms with Crippen molar-refractivity contribution in [3.05, 3.63) is 71.5 Å². The van der Waals surface area contributed by atoms with Crippen LogP contribution in [0.3, 0.4) is 0 Å². The maximum atomic E-state index is 12.4. The highest BCUT2D eigenvalue weighted by Crippen LogP contribution is 2.18. The first-order valence-electron chi connectivity index (χ1n) is 6.50. The van der Waals surface area contributed by atoms with Gasteiger partial charge in [-0.15, -0.1) is 11.6 Å². The number of carbonyl (C=O) groups excluding carboxylic acids is 2. The molecule has 2 aromatic carbocycles. The van der Waals surface area contributed by atoms with E-state index in [-0.39, 0.29) is 17.4 Å². The van der Waals surface area contributed by atoms with Crippen molar-refractivity contribution in [3.8, 4) is 0 Å². The van der Waals surface area contributed by atoms with Crippen LogP contribution in [0.15, 0.2) is 54.7 Å². The number of rotatable bonds is 4. The minimum Gasteiger partial charge on any atom is -0.358 e. The van der Waals surface area contributed by atoms with Crippen molar-refractivity contribution >= 4 is 33.9 Å². The standard InChI is InChI=1S/C17H12ClNO2/c18-9-16(20)15-8-14(10-19-15)17(21)13-6-5-11-3-1-2-4-12(11)7-13/h1-8,10,19H,9H2. The smallest absolute Gasteiger partial charge is 0.194 e. The maximum Gasteiger partial charge on any atom is 0.194 e. The monoisotopic (exact) mass is 297 g/mol. The van der Waals surface area contributed by atoms with Crippen molar-refractivity contribution in [2.24, 2.45) is 0 Å². The minimum atomic E-state index is -0.228. The summed E-state index contributed by atoms with van der Waals surface area (Å²) in [5.74, 6) is -0.454. The number of nitrogens with one attached hydrogen (secondary N) is 1. The predicted molar refractivity (Wildman–Crippen MR) is 83.2 cm³/mol. The van der Waals surface area contributed by atoms with Crippen molar-refractivity contribution < 1.29 is 9.59 Å². The number of alkyl halides is 1. The fourth-order valence-corrected chi connectivity index (χ4v) is 2.40. The van der Waals surface area contributed by atoms with Gasteiger partial charge in [-0.1, -0.05) is 36.4 Å². The van der Waals surface area contributed by atoms with Crippen LogP contribution in [0.1, 0.15) is 26.4 Å². The van der Waals surface area contributed by atoms with Crippen LogP contribution in [0.2, 0.25) is 0 Å². The maximum absolute atomic E-state index is 12.4. The molecule has 4 heteroatoms. The van der Waals surface area contributed by atoms with E-state index in [1.165, 1.54) is 6.20 Å². The molecular formula is C17H12ClNO2. The Bertz CT molecular complexity index is 835. The van der Waals surface area contributed by atoms with Crippen LogP contribution < -0.4 is 0 Å². The van der Waals surface area contributed by atoms with Crippen molar-refractivity contribution in [2.45, 2.75) is 0 Å². The average Bonchev–Trinajstić information content (AvgIpc) is 3.03. The second kappa shape index (κ2) is 5.54. The highest BCUT2D eigenvalue weighted by atomic mass is 35.5. The normalized spacial score (nSPS) is 10.7. The third-order valence-corrected chi connectivity index (χ3v) is 3.62. The molecule has 0 amide bonds. The number of H-pyrrole nitrogens is 1. The van der Waals surface area contributed by atoms with E-state index in [9.17, 15) is 9.59 Å². The van der Waals surface area contributed by atoms with Gasteiger partial charge in [0.1, 0.15) is 0 Å². The Kier molecular flexibility index (Phi) is 3.59. The Morgan fingerprint density at radius 2 is 1.71 bits per heavy atom. The second-order valence-electron chi connectivity index (χ2n) is 4.75. The largest absolute Gasteiger partial charge is 0.358 e. The Morgan fingerprint density at radius 1 is 0.952 bits per heavy atom. The molecule has 0 spiro atoms. The van der Waals surface area contributed by atoms with Gasteiger partial charge in [0, 0.05) is 17.3 Å². The first-order chi connectivity index (χ1) is 10.2. The summed E-state index contributed by atoms with van der Waals surface area (Å²) >= 11 is 5.50. The Balaban J connectivity index is 1.96. The quantitative estimate of drug-likeness (QED) is 0.588. The highest BCUT2D eigenvalue weighted by molar-refractivity contribution is 6.30. The molecule has 3 rings (SSSR count). The fraction of sp³-hybridized carbons (Fsp3) is 0.0588. The van der Waals surface area contributed by atoms with E-state index >= 15 is 0 Å². The van der Waals surface area contributed by atoms with E-state index in [0.29, 0.717) is 16.8 Å². The lowest BCUT2D eigenvalue weighted by molar-refractivity contribution is 0.101. The lowest BCUT2D eigenvalue weighted by Crippen LogP contribution is -2.01. The molecule has 0 aliphatic rings. The third-order valence-electron chi connectivity index (χ3n) is 3.38. The number of hydrogen-bond acceptors (Lipinski definition) is 2. The summed E-state index contributed by atoms with van der Waals surface area (Å²) in [6.45, 7) is 0. The zero-order valence-corrected chi connectivity index (χ0v) is 11.9. The van der Waals surface area contributed by atoms with Crippen LogP contribution in [0.5, 0.6) is 0 Å². The number of Topliss-reactive ketones (excluding diaryl/α,β-unsaturated/α-hetero) is 1. The van der Waals surface area contributed by atoms with Gasteiger partial charge in [0.15, 0.2) is 11.6 Å². The number of ketones is 2. The van der Waals surface area contributed by atoms with Crippen LogP contribution in [-0.2, 0) is 0 Å². The van der Waals surface area contributed by atoms with Crippen LogP contribution in [-0.4, -0.2) is 22.4 Å². The van der Waals surface area contributed by atoms with Crippen LogP contribution in [0.25, 0.3) is 10.8 Å². The summed E-state index contributed by atoms with van der Waals surface area (Å²) in [5.41, 5.74) is 1.41. The van der Waals surface area contributed by atoms with E-state index < -0.39 is 0 Å². The number of halogens is 1. The van der Waals surface area contributed by atoms with Gasteiger partial charge in [0.25, 0.3) is 0 Å². The van der Waals surface area contributed by atoms with E-state index in [2.05, 4.69) is 4.98 Å². The molecule has 0 aliphatic carbocycles. The lowest BCUT2D eigenvalue weighted by atomic mass is 10.0. The third kappa shape index (κ3) is 2.60. The van der Waals surface area contributed by atoms with E-state index in [4.69, 9.17) is 11.6 Å². The average molecular weight is 298 g/mol. The highest BCUT2D eigenvalue weighted by Gasteiger charge is 2.14. The van der Waals surface area contributed by atoms with Crippen molar-refractivity contribution in [3.63, 3.8) is 0 Å². The number of benzene rings is 2. The first kappa shape index (κ1) is 13.6. The molecular weight excluding hydrogens is 286 g/mol. The zero-order chi connectivity index (χ0) is 14.8. The number of fused-ring (bicyclic) bond motifs is 1. The Labute approximate surface area is 126 Å². The Hall–Kier alpha value is -2.39. The van der Waals surface area contributed by atoms with Crippen LogP contribution in [0.4, 0.5) is 0 Å². The van der Waals surface area contributed by atoms with Gasteiger partial charge in [-0.3, -0.25) is 9.59 Å². The molecule has 0 saturated heterocycles. The summed E-state index contributed by atoms with van der Waals surface area (Å²) in [6.07, 6.45) is 1.54. The molecule has 1 heterocycles. The van der Waals surface area contributed by atoms with E-state index in [1.54, 1.807) is 12.1 Å². The van der Waals surface area contributed by atoms with Gasteiger partial charge in [-0.05, 0) is 22.9 Å². The topological polar surface area (TPSA) is 49.9 Å². The summed E-state index contributed by atoms with van der Waals surface area (Å²) < 4.78 is 0. The molecule has 104 valence electrons. The van der Waals surface area contributed by atoms with Gasteiger partial charge in [0.2, 0.25) is 0 Å². The van der Waals surface area contributed by atoms with Gasteiger partial charge in [-0.25, -0.2) is 0 Å². The summed E-state index contributed by atoms with van der Waals surface area (Å²) in [7, 11) is 0.